The molecule has 0 aromatic carbocycles. The van der Waals surface area contributed by atoms with Crippen molar-refractivity contribution in [2.45, 2.75) is 33.2 Å². The zero-order valence-electron chi connectivity index (χ0n) is 9.86. The summed E-state index contributed by atoms with van der Waals surface area (Å²) in [6.45, 7) is 5.37. The standard InChI is InChI=1S/C11H19NO4/c1-6(4-5-13)12-9(14)7-8(10(15)16)11(7,2)3/h6-8,13H,4-5H2,1-3H3,(H,12,14)(H,15,16). The monoisotopic (exact) mass is 229 g/mol. The normalized spacial score (nSPS) is 28.2. The van der Waals surface area contributed by atoms with E-state index >= 15 is 0 Å². The Kier molecular flexibility index (Phi) is 3.57. The van der Waals surface area contributed by atoms with Gasteiger partial charge in [-0.1, -0.05) is 13.8 Å². The number of aliphatic carboxylic acids is 1. The number of carboxylic acids is 1. The molecule has 0 aromatic heterocycles. The summed E-state index contributed by atoms with van der Waals surface area (Å²) in [6, 6.07) is -0.122. The summed E-state index contributed by atoms with van der Waals surface area (Å²) in [7, 11) is 0. The van der Waals surface area contributed by atoms with Gasteiger partial charge in [-0.25, -0.2) is 0 Å². The van der Waals surface area contributed by atoms with Gasteiger partial charge in [-0.15, -0.1) is 0 Å². The Hall–Kier alpha value is -1.10. The van der Waals surface area contributed by atoms with Crippen LogP contribution in [0.3, 0.4) is 0 Å². The highest BCUT2D eigenvalue weighted by atomic mass is 16.4. The number of nitrogens with one attached hydrogen (secondary N) is 1. The first-order valence-electron chi connectivity index (χ1n) is 5.46. The third kappa shape index (κ3) is 2.35. The van der Waals surface area contributed by atoms with Gasteiger partial charge in [-0.05, 0) is 18.8 Å². The zero-order chi connectivity index (χ0) is 12.5. The van der Waals surface area contributed by atoms with Gasteiger partial charge in [-0.3, -0.25) is 9.59 Å². The number of rotatable bonds is 5. The maximum atomic E-state index is 11.8. The molecule has 1 amide bonds. The van der Waals surface area contributed by atoms with Gasteiger partial charge in [0, 0.05) is 12.6 Å². The van der Waals surface area contributed by atoms with Gasteiger partial charge in [-0.2, -0.15) is 0 Å². The average molecular weight is 229 g/mol. The van der Waals surface area contributed by atoms with Crippen molar-refractivity contribution in [3.63, 3.8) is 0 Å². The summed E-state index contributed by atoms with van der Waals surface area (Å²) in [5.74, 6) is -2.18. The zero-order valence-corrected chi connectivity index (χ0v) is 9.86. The van der Waals surface area contributed by atoms with Crippen molar-refractivity contribution in [3.8, 4) is 0 Å². The largest absolute Gasteiger partial charge is 0.481 e. The van der Waals surface area contributed by atoms with Crippen molar-refractivity contribution in [2.75, 3.05) is 6.61 Å². The van der Waals surface area contributed by atoms with Crippen molar-refractivity contribution >= 4 is 11.9 Å². The summed E-state index contributed by atoms with van der Waals surface area (Å²) in [5.41, 5.74) is -0.463. The molecule has 3 unspecified atom stereocenters. The van der Waals surface area contributed by atoms with Gasteiger partial charge in [0.15, 0.2) is 0 Å². The molecule has 5 nitrogen and oxygen atoms in total. The quantitative estimate of drug-likeness (QED) is 0.630. The van der Waals surface area contributed by atoms with Crippen molar-refractivity contribution in [1.82, 2.24) is 5.32 Å². The number of carbonyl (C=O) groups excluding carboxylic acids is 1. The summed E-state index contributed by atoms with van der Waals surface area (Å²) in [6.07, 6.45) is 0.483. The Bertz CT molecular complexity index is 300. The first-order valence-corrected chi connectivity index (χ1v) is 5.46. The van der Waals surface area contributed by atoms with E-state index in [9.17, 15) is 9.59 Å². The Morgan fingerprint density at radius 2 is 1.94 bits per heavy atom. The van der Waals surface area contributed by atoms with Gasteiger partial charge in [0.25, 0.3) is 0 Å². The molecule has 92 valence electrons. The van der Waals surface area contributed by atoms with Crippen LogP contribution in [0, 0.1) is 17.3 Å². The van der Waals surface area contributed by atoms with E-state index in [-0.39, 0.29) is 18.6 Å². The van der Waals surface area contributed by atoms with E-state index < -0.39 is 23.2 Å². The predicted molar refractivity (Wildman–Crippen MR) is 57.7 cm³/mol. The topological polar surface area (TPSA) is 86.6 Å². The summed E-state index contributed by atoms with van der Waals surface area (Å²) in [4.78, 5) is 22.6. The number of aliphatic hydroxyl groups excluding tert-OH is 1. The van der Waals surface area contributed by atoms with Crippen LogP contribution in [0.4, 0.5) is 0 Å². The van der Waals surface area contributed by atoms with Crippen LogP contribution >= 0.6 is 0 Å². The Morgan fingerprint density at radius 1 is 1.38 bits per heavy atom. The van der Waals surface area contributed by atoms with E-state index in [4.69, 9.17) is 10.2 Å². The van der Waals surface area contributed by atoms with Gasteiger partial charge < -0.3 is 15.5 Å². The predicted octanol–water partition coefficient (Wildman–Crippen LogP) is 0.230. The second-order valence-corrected chi connectivity index (χ2v) is 5.04. The third-order valence-corrected chi connectivity index (χ3v) is 3.33. The van der Waals surface area contributed by atoms with E-state index in [2.05, 4.69) is 5.32 Å². The molecule has 16 heavy (non-hydrogen) atoms. The lowest BCUT2D eigenvalue weighted by molar-refractivity contribution is -0.140. The lowest BCUT2D eigenvalue weighted by Gasteiger charge is -2.12. The highest BCUT2D eigenvalue weighted by molar-refractivity contribution is 5.91. The number of hydrogen-bond donors (Lipinski definition) is 3. The molecule has 1 fully saturated rings. The van der Waals surface area contributed by atoms with Crippen LogP contribution in [-0.2, 0) is 9.59 Å². The molecule has 3 atom stereocenters. The maximum absolute atomic E-state index is 11.8. The van der Waals surface area contributed by atoms with Crippen LogP contribution in [0.2, 0.25) is 0 Å². The van der Waals surface area contributed by atoms with Crippen molar-refractivity contribution in [1.29, 1.82) is 0 Å². The second kappa shape index (κ2) is 4.41. The average Bonchev–Trinajstić information content (AvgIpc) is 2.69. The van der Waals surface area contributed by atoms with E-state index in [0.717, 1.165) is 0 Å². The smallest absolute Gasteiger partial charge is 0.307 e. The molecule has 0 aliphatic heterocycles. The molecule has 0 bridgehead atoms. The van der Waals surface area contributed by atoms with Crippen molar-refractivity contribution < 1.29 is 19.8 Å². The van der Waals surface area contributed by atoms with E-state index in [1.54, 1.807) is 20.8 Å². The lowest BCUT2D eigenvalue weighted by Crippen LogP contribution is -2.35. The minimum Gasteiger partial charge on any atom is -0.481 e. The fraction of sp³-hybridized carbons (Fsp3) is 0.818. The summed E-state index contributed by atoms with van der Waals surface area (Å²) >= 11 is 0. The Balaban J connectivity index is 2.54. The first-order chi connectivity index (χ1) is 7.32. The van der Waals surface area contributed by atoms with Gasteiger partial charge in [0.1, 0.15) is 0 Å². The Labute approximate surface area is 94.8 Å². The van der Waals surface area contributed by atoms with Crippen LogP contribution < -0.4 is 5.32 Å². The minimum absolute atomic E-state index is 0.0118. The molecule has 0 radical (unpaired) electrons. The molecule has 0 heterocycles. The van der Waals surface area contributed by atoms with Crippen molar-refractivity contribution in [2.24, 2.45) is 17.3 Å². The van der Waals surface area contributed by atoms with Crippen LogP contribution in [-0.4, -0.2) is 34.7 Å². The maximum Gasteiger partial charge on any atom is 0.307 e. The molecule has 0 aromatic rings. The first kappa shape index (κ1) is 13.0. The Morgan fingerprint density at radius 3 is 2.31 bits per heavy atom. The molecule has 1 aliphatic carbocycles. The molecule has 0 saturated heterocycles. The van der Waals surface area contributed by atoms with Crippen LogP contribution in [0.5, 0.6) is 0 Å². The molecule has 1 saturated carbocycles. The molecule has 3 N–H and O–H groups in total. The SMILES string of the molecule is CC(CCO)NC(=O)C1C(C(=O)O)C1(C)C. The van der Waals surface area contributed by atoms with E-state index in [1.165, 1.54) is 0 Å². The fourth-order valence-electron chi connectivity index (χ4n) is 2.19. The number of hydrogen-bond acceptors (Lipinski definition) is 3. The summed E-state index contributed by atoms with van der Waals surface area (Å²) < 4.78 is 0. The van der Waals surface area contributed by atoms with Crippen LogP contribution in [0.1, 0.15) is 27.2 Å². The minimum atomic E-state index is -0.917. The highest BCUT2D eigenvalue weighted by Crippen LogP contribution is 2.58. The molecule has 0 spiro atoms. The van der Waals surface area contributed by atoms with Gasteiger partial charge in [0.05, 0.1) is 11.8 Å². The number of aliphatic hydroxyl groups is 1. The third-order valence-electron chi connectivity index (χ3n) is 3.33. The van der Waals surface area contributed by atoms with E-state index in [1.807, 2.05) is 0 Å². The second-order valence-electron chi connectivity index (χ2n) is 5.04. The lowest BCUT2D eigenvalue weighted by atomic mass is 10.1. The van der Waals surface area contributed by atoms with Crippen LogP contribution in [0.25, 0.3) is 0 Å². The molecular formula is C11H19NO4. The molecular weight excluding hydrogens is 210 g/mol. The molecule has 1 rings (SSSR count). The molecule has 5 heteroatoms. The number of carboxylic acid groups (broad SMARTS) is 1. The van der Waals surface area contributed by atoms with Crippen molar-refractivity contribution in [3.05, 3.63) is 0 Å². The number of amides is 1. The highest BCUT2D eigenvalue weighted by Gasteiger charge is 2.65. The van der Waals surface area contributed by atoms with E-state index in [0.29, 0.717) is 6.42 Å². The molecule has 1 aliphatic rings. The van der Waals surface area contributed by atoms with Gasteiger partial charge >= 0.3 is 5.97 Å². The fourth-order valence-corrected chi connectivity index (χ4v) is 2.19. The van der Waals surface area contributed by atoms with Crippen LogP contribution in [0.15, 0.2) is 0 Å². The van der Waals surface area contributed by atoms with Gasteiger partial charge in [0.2, 0.25) is 5.91 Å². The summed E-state index contributed by atoms with van der Waals surface area (Å²) in [5, 5.41) is 20.3. The number of carbonyl (C=O) groups is 2.